The van der Waals surface area contributed by atoms with Crippen LogP contribution in [0.15, 0.2) is 12.1 Å². The van der Waals surface area contributed by atoms with Crippen molar-refractivity contribution in [3.63, 3.8) is 0 Å². The molecule has 0 amide bonds. The van der Waals surface area contributed by atoms with E-state index in [0.29, 0.717) is 0 Å². The molecule has 0 aliphatic rings. The van der Waals surface area contributed by atoms with Gasteiger partial charge in [-0.2, -0.15) is 8.42 Å². The summed E-state index contributed by atoms with van der Waals surface area (Å²) in [4.78, 5) is 16.8. The molecule has 0 saturated carbocycles. The normalized spacial score (nSPS) is 12.3. The third kappa shape index (κ3) is 7.12. The molecule has 2 N–H and O–H groups in total. The van der Waals surface area contributed by atoms with E-state index in [4.69, 9.17) is 32.3 Å². The summed E-state index contributed by atoms with van der Waals surface area (Å²) in [5.74, 6) is -1.45. The summed E-state index contributed by atoms with van der Waals surface area (Å²) in [5.41, 5.74) is -0.885. The Morgan fingerprint density at radius 3 is 1.83 bits per heavy atom. The minimum Gasteiger partial charge on any atom is -0.494 e. The molecule has 0 atom stereocenters. The van der Waals surface area contributed by atoms with Gasteiger partial charge in [0.05, 0.1) is 38.3 Å². The molecule has 0 heterocycles. The van der Waals surface area contributed by atoms with E-state index in [1.54, 1.807) is 12.1 Å². The number of carbonyl (C=O) groups is 1. The van der Waals surface area contributed by atoms with Crippen LogP contribution in [0.3, 0.4) is 0 Å². The Labute approximate surface area is 170 Å². The Kier molecular flexibility index (Phi) is 8.77. The lowest BCUT2D eigenvalue weighted by Crippen LogP contribution is -2.22. The lowest BCUT2D eigenvalue weighted by molar-refractivity contribution is -0.137. The fourth-order valence-electron chi connectivity index (χ4n) is 2.00. The number of carboxylic acids is 1. The fourth-order valence-corrected chi connectivity index (χ4v) is 2.28. The number of hydrogen-bond acceptors (Lipinski definition) is 8. The van der Waals surface area contributed by atoms with Crippen LogP contribution in [0, 0.1) is 35.8 Å². The van der Waals surface area contributed by atoms with Crippen LogP contribution in [0.5, 0.6) is 11.5 Å². The SMILES string of the molecule is [C-]#[N+]/C(C#N)=c1/cc(OCCOS(=O)(=O)O)/c(=C(\C#N)[N+]#[C-])cc1OCCC(=O)O. The summed E-state index contributed by atoms with van der Waals surface area (Å²) < 4.78 is 44.5. The number of nitrogens with zero attached hydrogens (tertiary/aromatic N) is 4. The lowest BCUT2D eigenvalue weighted by atomic mass is 10.1. The Balaban J connectivity index is 3.60. The summed E-state index contributed by atoms with van der Waals surface area (Å²) in [6, 6.07) is 5.53. The monoisotopic (exact) mass is 432 g/mol. The van der Waals surface area contributed by atoms with Crippen molar-refractivity contribution < 1.29 is 36.5 Å². The largest absolute Gasteiger partial charge is 0.494 e. The highest BCUT2D eigenvalue weighted by Crippen LogP contribution is 2.13. The molecule has 0 saturated heterocycles. The van der Waals surface area contributed by atoms with E-state index < -0.39 is 47.4 Å². The molecular formula is C17H12N4O8S. The van der Waals surface area contributed by atoms with E-state index in [1.165, 1.54) is 0 Å². The number of benzene rings is 1. The van der Waals surface area contributed by atoms with Gasteiger partial charge in [0.15, 0.2) is 0 Å². The van der Waals surface area contributed by atoms with Gasteiger partial charge in [-0.1, -0.05) is 0 Å². The molecule has 30 heavy (non-hydrogen) atoms. The van der Waals surface area contributed by atoms with Crippen LogP contribution >= 0.6 is 0 Å². The number of aliphatic carboxylic acids is 1. The minimum atomic E-state index is -4.71. The summed E-state index contributed by atoms with van der Waals surface area (Å²) >= 11 is 0. The van der Waals surface area contributed by atoms with Gasteiger partial charge in [-0.3, -0.25) is 9.35 Å². The smallest absolute Gasteiger partial charge is 0.397 e. The third-order valence-corrected chi connectivity index (χ3v) is 3.64. The maximum Gasteiger partial charge on any atom is 0.397 e. The van der Waals surface area contributed by atoms with Gasteiger partial charge in [-0.25, -0.2) is 24.4 Å². The topological polar surface area (TPSA) is 176 Å². The standard InChI is InChI=1S/C17H12N4O8S/c1-20-13(9-18)11-8-16(28-5-6-29-30(24,25)26)12(14(10-19)21-2)7-15(11)27-4-3-17(22)23/h7-8H,3-6H2,(H,22,23)(H,24,25,26)/b13-11-,14-12+. The predicted octanol–water partition coefficient (Wildman–Crippen LogP) is -0.160. The average Bonchev–Trinajstić information content (AvgIpc) is 2.68. The van der Waals surface area contributed by atoms with Gasteiger partial charge in [0.1, 0.15) is 24.7 Å². The highest BCUT2D eigenvalue weighted by molar-refractivity contribution is 7.80. The molecule has 13 heteroatoms. The molecule has 0 aliphatic carbocycles. The third-order valence-electron chi connectivity index (χ3n) is 3.17. The molecular weight excluding hydrogens is 420 g/mol. The van der Waals surface area contributed by atoms with Crippen molar-refractivity contribution in [2.24, 2.45) is 0 Å². The van der Waals surface area contributed by atoms with Crippen molar-refractivity contribution in [2.45, 2.75) is 6.42 Å². The first-order chi connectivity index (χ1) is 14.2. The Bertz CT molecular complexity index is 1190. The van der Waals surface area contributed by atoms with E-state index in [2.05, 4.69) is 13.9 Å². The van der Waals surface area contributed by atoms with E-state index in [-0.39, 0.29) is 28.5 Å². The summed E-state index contributed by atoms with van der Waals surface area (Å²) in [6.07, 6.45) is -0.391. The molecule has 0 unspecified atom stereocenters. The maximum atomic E-state index is 10.7. The molecule has 1 aromatic rings. The highest BCUT2D eigenvalue weighted by atomic mass is 32.3. The molecule has 0 bridgehead atoms. The molecule has 0 fully saturated rings. The van der Waals surface area contributed by atoms with E-state index >= 15 is 0 Å². The zero-order chi connectivity index (χ0) is 22.7. The number of nitriles is 2. The highest BCUT2D eigenvalue weighted by Gasteiger charge is 2.13. The van der Waals surface area contributed by atoms with Crippen LogP contribution in [0.25, 0.3) is 21.1 Å². The van der Waals surface area contributed by atoms with Crippen LogP contribution < -0.4 is 19.9 Å². The first-order valence-electron chi connectivity index (χ1n) is 7.73. The lowest BCUT2D eigenvalue weighted by Gasteiger charge is -2.11. The summed E-state index contributed by atoms with van der Waals surface area (Å²) in [6.45, 7) is 12.9. The zero-order valence-electron chi connectivity index (χ0n) is 15.0. The Hall–Kier alpha value is -4.14. The van der Waals surface area contributed by atoms with Crippen LogP contribution in [-0.4, -0.2) is 43.9 Å². The number of ether oxygens (including phenoxy) is 2. The van der Waals surface area contributed by atoms with Crippen molar-refractivity contribution in [1.29, 1.82) is 10.5 Å². The zero-order valence-corrected chi connectivity index (χ0v) is 15.8. The number of carboxylic acid groups (broad SMARTS) is 1. The molecule has 0 aliphatic heterocycles. The van der Waals surface area contributed by atoms with Crippen molar-refractivity contribution >= 4 is 27.8 Å². The van der Waals surface area contributed by atoms with E-state index in [9.17, 15) is 23.7 Å². The second-order valence-electron chi connectivity index (χ2n) is 5.08. The molecule has 1 aromatic carbocycles. The Morgan fingerprint density at radius 2 is 1.47 bits per heavy atom. The summed E-state index contributed by atoms with van der Waals surface area (Å²) in [7, 11) is -4.71. The number of rotatable bonds is 9. The summed E-state index contributed by atoms with van der Waals surface area (Å²) in [5, 5.41) is 26.9. The minimum absolute atomic E-state index is 0.0883. The second-order valence-corrected chi connectivity index (χ2v) is 6.17. The second kappa shape index (κ2) is 11.0. The van der Waals surface area contributed by atoms with Gasteiger partial charge in [-0.05, 0) is 12.1 Å². The number of hydrogen-bond donors (Lipinski definition) is 2. The average molecular weight is 432 g/mol. The van der Waals surface area contributed by atoms with Gasteiger partial charge in [0, 0.05) is 10.4 Å². The van der Waals surface area contributed by atoms with Crippen molar-refractivity contribution in [1.82, 2.24) is 0 Å². The van der Waals surface area contributed by atoms with Crippen molar-refractivity contribution in [3.8, 4) is 23.6 Å². The van der Waals surface area contributed by atoms with Crippen LogP contribution in [0.1, 0.15) is 6.42 Å². The molecule has 0 spiro atoms. The van der Waals surface area contributed by atoms with Crippen LogP contribution in [0.4, 0.5) is 0 Å². The molecule has 1 rings (SSSR count). The van der Waals surface area contributed by atoms with Gasteiger partial charge in [0.2, 0.25) is 0 Å². The first-order valence-corrected chi connectivity index (χ1v) is 9.10. The van der Waals surface area contributed by atoms with Gasteiger partial charge >= 0.3 is 16.4 Å². The van der Waals surface area contributed by atoms with E-state index in [0.717, 1.165) is 12.1 Å². The van der Waals surface area contributed by atoms with Crippen molar-refractivity contribution in [3.05, 3.63) is 45.4 Å². The molecule has 154 valence electrons. The molecule has 12 nitrogen and oxygen atoms in total. The van der Waals surface area contributed by atoms with Crippen molar-refractivity contribution in [2.75, 3.05) is 19.8 Å². The first kappa shape index (κ1) is 23.9. The van der Waals surface area contributed by atoms with Gasteiger partial charge in [-0.15, -0.1) is 0 Å². The quantitative estimate of drug-likeness (QED) is 0.303. The van der Waals surface area contributed by atoms with E-state index in [1.807, 2.05) is 0 Å². The molecule has 0 radical (unpaired) electrons. The molecule has 0 aromatic heterocycles. The van der Waals surface area contributed by atoms with Gasteiger partial charge in [0.25, 0.3) is 11.4 Å². The predicted molar refractivity (Wildman–Crippen MR) is 97.7 cm³/mol. The van der Waals surface area contributed by atoms with Crippen LogP contribution in [-0.2, 0) is 19.4 Å². The maximum absolute atomic E-state index is 10.7. The van der Waals surface area contributed by atoms with Gasteiger partial charge < -0.3 is 14.6 Å². The van der Waals surface area contributed by atoms with Crippen LogP contribution in [0.2, 0.25) is 0 Å². The fraction of sp³-hybridized carbons (Fsp3) is 0.235. The Morgan fingerprint density at radius 1 is 1.00 bits per heavy atom.